The van der Waals surface area contributed by atoms with Gasteiger partial charge in [-0.05, 0) is 63.1 Å². The van der Waals surface area contributed by atoms with Gasteiger partial charge < -0.3 is 5.32 Å². The number of nitrogens with one attached hydrogen (secondary N) is 1. The van der Waals surface area contributed by atoms with Gasteiger partial charge in [0.2, 0.25) is 0 Å². The molecule has 1 aromatic carbocycles. The second-order valence-electron chi connectivity index (χ2n) is 6.10. The van der Waals surface area contributed by atoms with E-state index in [0.29, 0.717) is 5.92 Å². The Hall–Kier alpha value is -0.470. The van der Waals surface area contributed by atoms with Crippen LogP contribution in [0.25, 0.3) is 0 Å². The first kappa shape index (κ1) is 15.6. The normalized spacial score (nSPS) is 12.1. The summed E-state index contributed by atoms with van der Waals surface area (Å²) in [5.74, 6) is 1.81. The van der Waals surface area contributed by atoms with Gasteiger partial charge in [0.1, 0.15) is 0 Å². The molecule has 0 radical (unpaired) electrons. The van der Waals surface area contributed by atoms with E-state index >= 15 is 0 Å². The highest BCUT2D eigenvalue weighted by molar-refractivity contribution is 7.99. The number of hydrogen-bond donors (Lipinski definition) is 1. The molecule has 0 saturated heterocycles. The number of benzene rings is 1. The van der Waals surface area contributed by atoms with Crippen LogP contribution >= 0.6 is 11.8 Å². The Kier molecular flexibility index (Phi) is 6.24. The Bertz CT molecular complexity index is 335. The largest absolute Gasteiger partial charge is 0.312 e. The highest BCUT2D eigenvalue weighted by Crippen LogP contribution is 2.22. The van der Waals surface area contributed by atoms with Gasteiger partial charge in [-0.25, -0.2) is 0 Å². The molecule has 0 aromatic heterocycles. The lowest BCUT2D eigenvalue weighted by Gasteiger charge is -2.20. The maximum Gasteiger partial charge on any atom is 0.00965 e. The molecule has 1 nitrogen and oxygen atoms in total. The van der Waals surface area contributed by atoms with E-state index in [-0.39, 0.29) is 5.54 Å². The zero-order chi connectivity index (χ0) is 13.6. The van der Waals surface area contributed by atoms with Crippen LogP contribution in [0, 0.1) is 0 Å². The second kappa shape index (κ2) is 7.20. The second-order valence-corrected chi connectivity index (χ2v) is 7.27. The Morgan fingerprint density at radius 1 is 1.11 bits per heavy atom. The Labute approximate surface area is 117 Å². The Balaban J connectivity index is 2.23. The van der Waals surface area contributed by atoms with Crippen molar-refractivity contribution in [3.05, 3.63) is 29.8 Å². The van der Waals surface area contributed by atoms with Gasteiger partial charge in [-0.2, -0.15) is 0 Å². The predicted molar refractivity (Wildman–Crippen MR) is 83.6 cm³/mol. The molecule has 0 unspecified atom stereocenters. The van der Waals surface area contributed by atoms with Gasteiger partial charge >= 0.3 is 0 Å². The highest BCUT2D eigenvalue weighted by Gasteiger charge is 2.07. The lowest BCUT2D eigenvalue weighted by Crippen LogP contribution is -2.36. The summed E-state index contributed by atoms with van der Waals surface area (Å²) in [6, 6.07) is 9.00. The van der Waals surface area contributed by atoms with Gasteiger partial charge in [-0.1, -0.05) is 26.0 Å². The molecule has 0 aliphatic rings. The number of rotatable bonds is 6. The van der Waals surface area contributed by atoms with Gasteiger partial charge in [-0.3, -0.25) is 0 Å². The van der Waals surface area contributed by atoms with Crippen molar-refractivity contribution in [1.82, 2.24) is 5.32 Å². The molecule has 2 heteroatoms. The average molecular weight is 265 g/mol. The molecule has 0 aliphatic carbocycles. The van der Waals surface area contributed by atoms with Crippen LogP contribution in [-0.2, 0) is 0 Å². The van der Waals surface area contributed by atoms with Gasteiger partial charge in [0.15, 0.2) is 0 Å². The lowest BCUT2D eigenvalue weighted by molar-refractivity contribution is 0.427. The van der Waals surface area contributed by atoms with Crippen molar-refractivity contribution in [3.63, 3.8) is 0 Å². The molecule has 0 amide bonds. The Morgan fingerprint density at radius 3 is 2.22 bits per heavy atom. The Morgan fingerprint density at radius 2 is 1.72 bits per heavy atom. The molecule has 0 spiro atoms. The number of thioether (sulfide) groups is 1. The van der Waals surface area contributed by atoms with Crippen LogP contribution in [0.2, 0.25) is 0 Å². The quantitative estimate of drug-likeness (QED) is 0.592. The summed E-state index contributed by atoms with van der Waals surface area (Å²) in [5.41, 5.74) is 1.66. The van der Waals surface area contributed by atoms with Gasteiger partial charge in [-0.15, -0.1) is 11.8 Å². The minimum atomic E-state index is 0.240. The van der Waals surface area contributed by atoms with Crippen LogP contribution in [0.5, 0.6) is 0 Å². The fraction of sp³-hybridized carbons (Fsp3) is 0.625. The van der Waals surface area contributed by atoms with E-state index in [0.717, 1.165) is 6.54 Å². The summed E-state index contributed by atoms with van der Waals surface area (Å²) in [5, 5.41) is 3.52. The summed E-state index contributed by atoms with van der Waals surface area (Å²) in [4.78, 5) is 1.38. The van der Waals surface area contributed by atoms with Crippen LogP contribution in [0.3, 0.4) is 0 Å². The van der Waals surface area contributed by atoms with E-state index in [1.54, 1.807) is 0 Å². The minimum absolute atomic E-state index is 0.240. The van der Waals surface area contributed by atoms with Crippen LogP contribution in [0.4, 0.5) is 0 Å². The van der Waals surface area contributed by atoms with Crippen molar-refractivity contribution >= 4 is 11.8 Å². The third-order valence-electron chi connectivity index (χ3n) is 2.79. The zero-order valence-corrected chi connectivity index (χ0v) is 13.2. The van der Waals surface area contributed by atoms with E-state index in [9.17, 15) is 0 Å². The summed E-state index contributed by atoms with van der Waals surface area (Å²) in [6.07, 6.45) is 1.22. The molecular weight excluding hydrogens is 238 g/mol. The molecule has 0 bridgehead atoms. The third-order valence-corrected chi connectivity index (χ3v) is 3.89. The van der Waals surface area contributed by atoms with Crippen molar-refractivity contribution in [2.45, 2.75) is 57.4 Å². The van der Waals surface area contributed by atoms with Gasteiger partial charge in [0.05, 0.1) is 0 Å². The van der Waals surface area contributed by atoms with E-state index in [2.05, 4.69) is 64.2 Å². The summed E-state index contributed by atoms with van der Waals surface area (Å²) in [7, 11) is 0. The maximum absolute atomic E-state index is 3.52. The fourth-order valence-electron chi connectivity index (χ4n) is 1.67. The van der Waals surface area contributed by atoms with Crippen molar-refractivity contribution in [1.29, 1.82) is 0 Å². The van der Waals surface area contributed by atoms with Crippen LogP contribution in [0.15, 0.2) is 29.2 Å². The van der Waals surface area contributed by atoms with Gasteiger partial charge in [0, 0.05) is 10.4 Å². The smallest absolute Gasteiger partial charge is 0.00965 e. The van der Waals surface area contributed by atoms with Crippen LogP contribution in [-0.4, -0.2) is 17.8 Å². The molecule has 102 valence electrons. The molecule has 18 heavy (non-hydrogen) atoms. The monoisotopic (exact) mass is 265 g/mol. The third kappa shape index (κ3) is 6.46. The molecule has 0 heterocycles. The average Bonchev–Trinajstić information content (AvgIpc) is 2.27. The first-order valence-electron chi connectivity index (χ1n) is 6.86. The lowest BCUT2D eigenvalue weighted by atomic mass is 10.0. The summed E-state index contributed by atoms with van der Waals surface area (Å²) in [6.45, 7) is 12.2. The van der Waals surface area contributed by atoms with Gasteiger partial charge in [0.25, 0.3) is 0 Å². The standard InChI is InChI=1S/C16H27NS/c1-13(2)14-7-9-15(10-8-14)18-12-6-11-17-16(3,4)5/h7-10,13,17H,6,11-12H2,1-5H3. The predicted octanol–water partition coefficient (Wildman–Crippen LogP) is 4.68. The molecular formula is C16H27NS. The number of hydrogen-bond acceptors (Lipinski definition) is 2. The summed E-state index contributed by atoms with van der Waals surface area (Å²) >= 11 is 1.95. The highest BCUT2D eigenvalue weighted by atomic mass is 32.2. The zero-order valence-electron chi connectivity index (χ0n) is 12.4. The SMILES string of the molecule is CC(C)c1ccc(SCCCNC(C)(C)C)cc1. The first-order chi connectivity index (χ1) is 8.38. The maximum atomic E-state index is 3.52. The molecule has 0 fully saturated rings. The van der Waals surface area contributed by atoms with E-state index in [4.69, 9.17) is 0 Å². The van der Waals surface area contributed by atoms with Crippen LogP contribution in [0.1, 0.15) is 52.5 Å². The van der Waals surface area contributed by atoms with Crippen molar-refractivity contribution < 1.29 is 0 Å². The van der Waals surface area contributed by atoms with Crippen molar-refractivity contribution in [2.24, 2.45) is 0 Å². The van der Waals surface area contributed by atoms with E-state index in [1.165, 1.54) is 22.6 Å². The van der Waals surface area contributed by atoms with E-state index < -0.39 is 0 Å². The van der Waals surface area contributed by atoms with E-state index in [1.807, 2.05) is 11.8 Å². The van der Waals surface area contributed by atoms with Crippen molar-refractivity contribution in [3.8, 4) is 0 Å². The van der Waals surface area contributed by atoms with Crippen molar-refractivity contribution in [2.75, 3.05) is 12.3 Å². The first-order valence-corrected chi connectivity index (χ1v) is 7.85. The minimum Gasteiger partial charge on any atom is -0.312 e. The molecule has 1 rings (SSSR count). The molecule has 1 N–H and O–H groups in total. The molecule has 0 atom stereocenters. The van der Waals surface area contributed by atoms with Crippen LogP contribution < -0.4 is 5.32 Å². The summed E-state index contributed by atoms with van der Waals surface area (Å²) < 4.78 is 0. The molecule has 0 aliphatic heterocycles. The molecule has 0 saturated carbocycles. The topological polar surface area (TPSA) is 12.0 Å². The molecule has 1 aromatic rings. The fourth-order valence-corrected chi connectivity index (χ4v) is 2.53.